The van der Waals surface area contributed by atoms with E-state index in [9.17, 15) is 29.1 Å². The molecule has 202 valence electrons. The quantitative estimate of drug-likeness (QED) is 0.272. The maximum absolute atomic E-state index is 12.1. The fourth-order valence-corrected chi connectivity index (χ4v) is 6.83. The van der Waals surface area contributed by atoms with Crippen molar-refractivity contribution in [2.75, 3.05) is 30.6 Å². The van der Waals surface area contributed by atoms with Crippen molar-refractivity contribution in [3.05, 3.63) is 0 Å². The predicted molar refractivity (Wildman–Crippen MR) is 129 cm³/mol. The first-order valence-corrected chi connectivity index (χ1v) is 14.3. The van der Waals surface area contributed by atoms with Gasteiger partial charge in [0.25, 0.3) is 0 Å². The molecule has 14 heteroatoms. The van der Waals surface area contributed by atoms with Crippen LogP contribution in [0.15, 0.2) is 0 Å². The second-order valence-electron chi connectivity index (χ2n) is 8.09. The van der Waals surface area contributed by atoms with Crippen molar-refractivity contribution in [3.63, 3.8) is 0 Å². The standard InChI is InChI=1S/C21H35NO11S2/c1-11(24)22-16(10-35(7,9-8-23)33-15(5)28)17-18(29-12(2)25)19(30-13(3)26)20(31-14(4)27)21(32-17)34-6/h16-21,23H,8-10H2,1-7H3,(H,22,24)/t16-,17+,18-,19-,20+,21+/m0/s1. The molecular formula is C21H35NO11S2. The summed E-state index contributed by atoms with van der Waals surface area (Å²) < 4.78 is 28.0. The van der Waals surface area contributed by atoms with E-state index in [0.29, 0.717) is 0 Å². The van der Waals surface area contributed by atoms with Gasteiger partial charge in [0, 0.05) is 46.1 Å². The van der Waals surface area contributed by atoms with Crippen LogP contribution in [0.25, 0.3) is 0 Å². The van der Waals surface area contributed by atoms with Gasteiger partial charge >= 0.3 is 23.9 Å². The maximum Gasteiger partial charge on any atom is 0.313 e. The summed E-state index contributed by atoms with van der Waals surface area (Å²) in [6.07, 6.45) is -1.38. The second kappa shape index (κ2) is 13.9. The first kappa shape index (κ1) is 31.0. The molecule has 0 radical (unpaired) electrons. The third kappa shape index (κ3) is 9.86. The van der Waals surface area contributed by atoms with Gasteiger partial charge in [0.2, 0.25) is 5.91 Å². The molecule has 0 saturated carbocycles. The number of thioether (sulfide) groups is 1. The molecule has 0 aliphatic carbocycles. The Morgan fingerprint density at radius 3 is 1.86 bits per heavy atom. The Morgan fingerprint density at radius 2 is 1.43 bits per heavy atom. The van der Waals surface area contributed by atoms with Crippen LogP contribution in [-0.4, -0.2) is 101 Å². The maximum atomic E-state index is 12.1. The summed E-state index contributed by atoms with van der Waals surface area (Å²) in [6, 6.07) is -0.895. The summed E-state index contributed by atoms with van der Waals surface area (Å²) in [5, 5.41) is 12.3. The normalized spacial score (nSPS) is 27.4. The van der Waals surface area contributed by atoms with Crippen molar-refractivity contribution in [3.8, 4) is 0 Å². The lowest BCUT2D eigenvalue weighted by Gasteiger charge is -2.48. The summed E-state index contributed by atoms with van der Waals surface area (Å²) in [6.45, 7) is 5.72. The molecule has 1 rings (SSSR count). The molecule has 1 fully saturated rings. The Bertz CT molecular complexity index is 795. The highest BCUT2D eigenvalue weighted by Crippen LogP contribution is 2.47. The Balaban J connectivity index is 3.59. The lowest BCUT2D eigenvalue weighted by molar-refractivity contribution is -0.234. The molecule has 1 aliphatic heterocycles. The van der Waals surface area contributed by atoms with Crippen molar-refractivity contribution >= 4 is 51.9 Å². The number of aliphatic hydroxyl groups is 1. The largest absolute Gasteiger partial charge is 0.456 e. The fourth-order valence-electron chi connectivity index (χ4n) is 3.81. The average Bonchev–Trinajstić information content (AvgIpc) is 2.68. The van der Waals surface area contributed by atoms with E-state index in [-0.39, 0.29) is 18.1 Å². The third-order valence-electron chi connectivity index (χ3n) is 4.83. The van der Waals surface area contributed by atoms with Gasteiger partial charge < -0.3 is 33.6 Å². The molecule has 12 nitrogen and oxygen atoms in total. The molecule has 7 atom stereocenters. The summed E-state index contributed by atoms with van der Waals surface area (Å²) in [5.74, 6) is -2.94. The van der Waals surface area contributed by atoms with Gasteiger partial charge in [-0.1, -0.05) is 10.3 Å². The van der Waals surface area contributed by atoms with Crippen LogP contribution in [0.4, 0.5) is 0 Å². The molecular weight excluding hydrogens is 506 g/mol. The minimum absolute atomic E-state index is 0.0429. The van der Waals surface area contributed by atoms with E-state index in [1.54, 1.807) is 12.5 Å². The molecule has 35 heavy (non-hydrogen) atoms. The average molecular weight is 542 g/mol. The molecule has 0 bridgehead atoms. The van der Waals surface area contributed by atoms with Crippen molar-refractivity contribution in [1.82, 2.24) is 5.32 Å². The van der Waals surface area contributed by atoms with Crippen LogP contribution in [0.3, 0.4) is 0 Å². The van der Waals surface area contributed by atoms with Crippen molar-refractivity contribution in [2.24, 2.45) is 0 Å². The van der Waals surface area contributed by atoms with Crippen LogP contribution in [-0.2, 0) is 47.1 Å². The fraction of sp³-hybridized carbons (Fsp3) is 0.762. The van der Waals surface area contributed by atoms with Crippen LogP contribution < -0.4 is 5.32 Å². The van der Waals surface area contributed by atoms with Crippen molar-refractivity contribution in [1.29, 1.82) is 0 Å². The summed E-state index contributed by atoms with van der Waals surface area (Å²) >= 11 is 1.16. The van der Waals surface area contributed by atoms with Gasteiger partial charge in [0.05, 0.1) is 12.6 Å². The van der Waals surface area contributed by atoms with Gasteiger partial charge in [-0.25, -0.2) is 0 Å². The van der Waals surface area contributed by atoms with Gasteiger partial charge in [0.15, 0.2) is 18.3 Å². The van der Waals surface area contributed by atoms with Crippen LogP contribution in [0.2, 0.25) is 0 Å². The number of hydrogen-bond donors (Lipinski definition) is 2. The predicted octanol–water partition coefficient (Wildman–Crippen LogP) is 0.279. The van der Waals surface area contributed by atoms with E-state index in [0.717, 1.165) is 25.6 Å². The van der Waals surface area contributed by atoms with E-state index in [1.165, 1.54) is 20.8 Å². The Labute approximate surface area is 210 Å². The van der Waals surface area contributed by atoms with Crippen molar-refractivity contribution in [2.45, 2.75) is 70.5 Å². The van der Waals surface area contributed by atoms with E-state index < -0.39 is 76.0 Å². The number of hydrogen-bond acceptors (Lipinski definition) is 12. The van der Waals surface area contributed by atoms with E-state index >= 15 is 0 Å². The summed E-state index contributed by atoms with van der Waals surface area (Å²) in [5.41, 5.74) is -0.857. The highest BCUT2D eigenvalue weighted by atomic mass is 32.3. The number of nitrogens with one attached hydrogen (secondary N) is 1. The van der Waals surface area contributed by atoms with Crippen LogP contribution in [0, 0.1) is 0 Å². The molecule has 1 aliphatic rings. The second-order valence-corrected chi connectivity index (χ2v) is 12.3. The molecule has 1 amide bonds. The molecule has 0 aromatic carbocycles. The molecule has 0 spiro atoms. The zero-order chi connectivity index (χ0) is 26.9. The van der Waals surface area contributed by atoms with Crippen LogP contribution in [0.1, 0.15) is 34.6 Å². The highest BCUT2D eigenvalue weighted by Gasteiger charge is 2.54. The number of ether oxygens (including phenoxy) is 4. The smallest absolute Gasteiger partial charge is 0.313 e. The number of amides is 1. The van der Waals surface area contributed by atoms with E-state index in [1.807, 2.05) is 0 Å². The minimum Gasteiger partial charge on any atom is -0.456 e. The number of aliphatic hydroxyl groups excluding tert-OH is 1. The molecule has 2 N–H and O–H groups in total. The number of rotatable bonds is 11. The van der Waals surface area contributed by atoms with Crippen molar-refractivity contribution < 1.29 is 52.2 Å². The molecule has 0 aromatic rings. The minimum atomic E-state index is -2.27. The van der Waals surface area contributed by atoms with E-state index in [2.05, 4.69) is 5.32 Å². The summed E-state index contributed by atoms with van der Waals surface area (Å²) in [7, 11) is -2.27. The first-order valence-electron chi connectivity index (χ1n) is 10.7. The van der Waals surface area contributed by atoms with Gasteiger partial charge in [-0.2, -0.15) is 0 Å². The Kier molecular flexibility index (Phi) is 12.3. The Hall–Kier alpha value is -2.03. The van der Waals surface area contributed by atoms with Gasteiger partial charge in [-0.15, -0.1) is 11.8 Å². The lowest BCUT2D eigenvalue weighted by Crippen LogP contribution is -2.66. The lowest BCUT2D eigenvalue weighted by atomic mass is 9.94. The number of esters is 3. The van der Waals surface area contributed by atoms with Gasteiger partial charge in [-0.05, 0) is 12.5 Å². The zero-order valence-electron chi connectivity index (χ0n) is 20.9. The number of carbonyl (C=O) groups excluding carboxylic acids is 5. The Morgan fingerprint density at radius 1 is 0.914 bits per heavy atom. The van der Waals surface area contributed by atoms with E-state index in [4.69, 9.17) is 23.1 Å². The monoisotopic (exact) mass is 541 g/mol. The van der Waals surface area contributed by atoms with Crippen LogP contribution >= 0.6 is 22.1 Å². The zero-order valence-corrected chi connectivity index (χ0v) is 22.6. The van der Waals surface area contributed by atoms with Gasteiger partial charge in [0.1, 0.15) is 11.5 Å². The first-order chi connectivity index (χ1) is 16.2. The SMILES string of the molecule is CS[C@H]1O[C@H]([C@H](CS(C)(CCO)OC(C)=O)NC(C)=O)[C@H](OC(C)=O)[C@H](OC(C)=O)[C@H]1OC(C)=O. The molecule has 1 unspecified atom stereocenters. The highest BCUT2D eigenvalue weighted by molar-refractivity contribution is 8.29. The van der Waals surface area contributed by atoms with Crippen LogP contribution in [0.5, 0.6) is 0 Å². The molecule has 1 saturated heterocycles. The topological polar surface area (TPSA) is 164 Å². The third-order valence-corrected chi connectivity index (χ3v) is 8.42. The van der Waals surface area contributed by atoms with Gasteiger partial charge in [-0.3, -0.25) is 24.0 Å². The number of carbonyl (C=O) groups is 5. The molecule has 0 aromatic heterocycles. The molecule has 1 heterocycles. The summed E-state index contributed by atoms with van der Waals surface area (Å²) in [4.78, 5) is 59.7.